The third-order valence-corrected chi connectivity index (χ3v) is 7.87. The Balaban J connectivity index is 1.81. The molecule has 0 fully saturated rings. The van der Waals surface area contributed by atoms with Gasteiger partial charge in [0, 0.05) is 0 Å². The van der Waals surface area contributed by atoms with Crippen LogP contribution in [0.5, 0.6) is 0 Å². The highest BCUT2D eigenvalue weighted by Gasteiger charge is 2.37. The van der Waals surface area contributed by atoms with Gasteiger partial charge in [-0.05, 0) is 17.4 Å². The molecule has 4 atom stereocenters. The second-order valence-electron chi connectivity index (χ2n) is 10.4. The second kappa shape index (κ2) is 14.0. The fourth-order valence-electron chi connectivity index (χ4n) is 5.45. The summed E-state index contributed by atoms with van der Waals surface area (Å²) in [5.41, 5.74) is 0.647. The molecule has 0 aliphatic carbocycles. The molecular weight excluding hydrogens is 540 g/mol. The first-order chi connectivity index (χ1) is 19.6. The molecule has 7 nitrogen and oxygen atoms in total. The largest absolute Gasteiger partial charge is 0.849 e. The summed E-state index contributed by atoms with van der Waals surface area (Å²) in [6.07, 6.45) is -5.65. The Labute approximate surface area is 241 Å². The lowest BCUT2D eigenvalue weighted by Gasteiger charge is -2.48. The van der Waals surface area contributed by atoms with Crippen LogP contribution < -0.4 is 15.3 Å². The van der Waals surface area contributed by atoms with Crippen molar-refractivity contribution in [1.82, 2.24) is 0 Å². The summed E-state index contributed by atoms with van der Waals surface area (Å²) in [6, 6.07) is 34.5. The van der Waals surface area contributed by atoms with Gasteiger partial charge in [-0.15, -0.1) is 0 Å². The van der Waals surface area contributed by atoms with Gasteiger partial charge >= 0.3 is 10.4 Å². The number of hydrogen-bond acceptors (Lipinski definition) is 6. The SMILES string of the molecule is O=S(=O)(O)OC(CC(CC([O-])c1ccccc1)(CC([O-])c1ccccc1)CC([O-])c1ccccc1)c1ccccc1. The fourth-order valence-corrected chi connectivity index (χ4v) is 5.92. The van der Waals surface area contributed by atoms with Gasteiger partial charge < -0.3 is 15.3 Å². The molecule has 216 valence electrons. The maximum atomic E-state index is 13.8. The van der Waals surface area contributed by atoms with Gasteiger partial charge in [-0.2, -0.15) is 8.42 Å². The van der Waals surface area contributed by atoms with Gasteiger partial charge in [0.15, 0.2) is 0 Å². The van der Waals surface area contributed by atoms with E-state index in [-0.39, 0.29) is 25.7 Å². The molecule has 4 rings (SSSR count). The summed E-state index contributed by atoms with van der Waals surface area (Å²) in [7, 11) is -4.92. The summed E-state index contributed by atoms with van der Waals surface area (Å²) in [5.74, 6) is 0. The van der Waals surface area contributed by atoms with Gasteiger partial charge in [0.25, 0.3) is 0 Å². The van der Waals surface area contributed by atoms with E-state index in [0.717, 1.165) is 0 Å². The first kappa shape index (κ1) is 30.6. The third-order valence-electron chi connectivity index (χ3n) is 7.40. The monoisotopic (exact) mass is 573 g/mol. The normalized spacial score (nSPS) is 16.3. The molecule has 8 heteroatoms. The van der Waals surface area contributed by atoms with Gasteiger partial charge in [-0.3, -0.25) is 4.55 Å². The molecule has 0 aliphatic heterocycles. The Bertz CT molecular complexity index is 1320. The number of benzene rings is 4. The van der Waals surface area contributed by atoms with E-state index in [1.54, 1.807) is 121 Å². The lowest BCUT2D eigenvalue weighted by atomic mass is 9.67. The quantitative estimate of drug-likeness (QED) is 0.221. The summed E-state index contributed by atoms with van der Waals surface area (Å²) in [6.45, 7) is 0. The highest BCUT2D eigenvalue weighted by molar-refractivity contribution is 7.80. The first-order valence-corrected chi connectivity index (χ1v) is 14.8. The van der Waals surface area contributed by atoms with E-state index < -0.39 is 40.2 Å². The molecule has 0 amide bonds. The zero-order chi connectivity index (χ0) is 29.3. The predicted molar refractivity (Wildman–Crippen MR) is 150 cm³/mol. The molecule has 41 heavy (non-hydrogen) atoms. The van der Waals surface area contributed by atoms with Crippen molar-refractivity contribution >= 4 is 10.4 Å². The molecule has 4 unspecified atom stereocenters. The minimum Gasteiger partial charge on any atom is -0.849 e. The molecule has 1 N–H and O–H groups in total. The van der Waals surface area contributed by atoms with Gasteiger partial charge in [0.2, 0.25) is 0 Å². The van der Waals surface area contributed by atoms with Crippen molar-refractivity contribution in [3.63, 3.8) is 0 Å². The van der Waals surface area contributed by atoms with E-state index in [9.17, 15) is 28.3 Å². The van der Waals surface area contributed by atoms with E-state index in [0.29, 0.717) is 22.3 Å². The first-order valence-electron chi connectivity index (χ1n) is 13.5. The fraction of sp³-hybridized carbons (Fsp3) is 0.273. The lowest BCUT2D eigenvalue weighted by Crippen LogP contribution is -2.38. The molecule has 0 heterocycles. The minimum atomic E-state index is -4.92. The van der Waals surface area contributed by atoms with E-state index in [1.807, 2.05) is 0 Å². The van der Waals surface area contributed by atoms with Crippen LogP contribution in [0.1, 0.15) is 72.4 Å². The molecule has 4 aromatic rings. The summed E-state index contributed by atoms with van der Waals surface area (Å²) in [5, 5.41) is 41.3. The van der Waals surface area contributed by atoms with Crippen molar-refractivity contribution < 1.29 is 32.5 Å². The highest BCUT2D eigenvalue weighted by Crippen LogP contribution is 2.49. The van der Waals surface area contributed by atoms with Crippen LogP contribution in [-0.2, 0) is 14.6 Å². The molecule has 4 aromatic carbocycles. The van der Waals surface area contributed by atoms with Gasteiger partial charge in [0.1, 0.15) is 6.10 Å². The topological polar surface area (TPSA) is 133 Å². The molecule has 0 bridgehead atoms. The Hall–Kier alpha value is -3.37. The van der Waals surface area contributed by atoms with Gasteiger partial charge in [0.05, 0.1) is 0 Å². The summed E-state index contributed by atoms with van der Waals surface area (Å²) < 4.78 is 38.8. The van der Waals surface area contributed by atoms with Crippen molar-refractivity contribution in [3.8, 4) is 0 Å². The Morgan fingerprint density at radius 2 is 0.829 bits per heavy atom. The van der Waals surface area contributed by atoms with Crippen LogP contribution in [0.3, 0.4) is 0 Å². The molecule has 0 radical (unpaired) electrons. The summed E-state index contributed by atoms with van der Waals surface area (Å²) >= 11 is 0. The van der Waals surface area contributed by atoms with Crippen molar-refractivity contribution in [2.24, 2.45) is 5.41 Å². The van der Waals surface area contributed by atoms with Crippen LogP contribution in [0, 0.1) is 5.41 Å². The Kier molecular flexibility index (Phi) is 10.4. The standard InChI is InChI=1S/C33H33O7S/c34-29(25-13-5-1-6-14-25)21-33(22-30(35)26-15-7-2-8-16-26,23-31(36)27-17-9-3-10-18-27)24-32(40-41(37,38)39)28-19-11-4-12-20-28/h1-20,29-32H,21-24H2,(H,37,38,39)/q-3. The molecule has 0 saturated heterocycles. The molecule has 0 aliphatic rings. The number of rotatable bonds is 14. The molecular formula is C33H33O7S-3. The predicted octanol–water partition coefficient (Wildman–Crippen LogP) is 4.40. The van der Waals surface area contributed by atoms with Crippen LogP contribution in [0.15, 0.2) is 121 Å². The lowest BCUT2D eigenvalue weighted by molar-refractivity contribution is -0.455. The van der Waals surface area contributed by atoms with Gasteiger partial charge in [-0.1, -0.05) is 176 Å². The van der Waals surface area contributed by atoms with Crippen LogP contribution in [-0.4, -0.2) is 13.0 Å². The molecule has 0 spiro atoms. The third kappa shape index (κ3) is 9.06. The summed E-state index contributed by atoms with van der Waals surface area (Å²) in [4.78, 5) is 0. The van der Waals surface area contributed by atoms with E-state index >= 15 is 0 Å². The van der Waals surface area contributed by atoms with Gasteiger partial charge in [-0.25, -0.2) is 4.18 Å². The highest BCUT2D eigenvalue weighted by atomic mass is 32.3. The Morgan fingerprint density at radius 3 is 1.12 bits per heavy atom. The van der Waals surface area contributed by atoms with Crippen molar-refractivity contribution in [2.75, 3.05) is 0 Å². The maximum Gasteiger partial charge on any atom is 0.397 e. The zero-order valence-corrected chi connectivity index (χ0v) is 23.3. The second-order valence-corrected chi connectivity index (χ2v) is 11.5. The smallest absolute Gasteiger partial charge is 0.397 e. The van der Waals surface area contributed by atoms with Crippen LogP contribution >= 0.6 is 0 Å². The molecule has 0 saturated carbocycles. The Morgan fingerprint density at radius 1 is 0.537 bits per heavy atom. The number of hydrogen-bond donors (Lipinski definition) is 1. The van der Waals surface area contributed by atoms with Crippen LogP contribution in [0.4, 0.5) is 0 Å². The van der Waals surface area contributed by atoms with Crippen molar-refractivity contribution in [1.29, 1.82) is 0 Å². The average molecular weight is 574 g/mol. The van der Waals surface area contributed by atoms with Crippen molar-refractivity contribution in [3.05, 3.63) is 144 Å². The van der Waals surface area contributed by atoms with E-state index in [1.165, 1.54) is 0 Å². The van der Waals surface area contributed by atoms with Crippen molar-refractivity contribution in [2.45, 2.75) is 50.1 Å². The average Bonchev–Trinajstić information content (AvgIpc) is 2.98. The van der Waals surface area contributed by atoms with Crippen LogP contribution in [0.25, 0.3) is 0 Å². The van der Waals surface area contributed by atoms with Crippen LogP contribution in [0.2, 0.25) is 0 Å². The van der Waals surface area contributed by atoms with E-state index in [4.69, 9.17) is 4.18 Å². The maximum absolute atomic E-state index is 13.8. The van der Waals surface area contributed by atoms with E-state index in [2.05, 4.69) is 0 Å². The minimum absolute atomic E-state index is 0.119. The molecule has 0 aromatic heterocycles. The zero-order valence-electron chi connectivity index (χ0n) is 22.5.